The van der Waals surface area contributed by atoms with E-state index >= 15 is 0 Å². The van der Waals surface area contributed by atoms with Crippen LogP contribution in [0.4, 0.5) is 13.2 Å². The van der Waals surface area contributed by atoms with Gasteiger partial charge in [-0.15, -0.1) is 0 Å². The summed E-state index contributed by atoms with van der Waals surface area (Å²) in [6, 6.07) is 4.57. The van der Waals surface area contributed by atoms with E-state index in [0.717, 1.165) is 12.1 Å². The summed E-state index contributed by atoms with van der Waals surface area (Å²) in [5, 5.41) is 11.4. The Hall–Kier alpha value is -2.25. The van der Waals surface area contributed by atoms with Gasteiger partial charge in [0.15, 0.2) is 6.61 Å². The van der Waals surface area contributed by atoms with Crippen molar-refractivity contribution in [3.63, 3.8) is 0 Å². The maximum absolute atomic E-state index is 12.8. The molecule has 0 aliphatic rings. The molecule has 0 saturated carbocycles. The lowest BCUT2D eigenvalue weighted by atomic mass is 9.97. The lowest BCUT2D eigenvalue weighted by Gasteiger charge is -2.16. The van der Waals surface area contributed by atoms with Gasteiger partial charge in [-0.1, -0.05) is 26.0 Å². The molecule has 1 amide bonds. The van der Waals surface area contributed by atoms with Gasteiger partial charge < -0.3 is 15.2 Å². The van der Waals surface area contributed by atoms with Crippen LogP contribution in [-0.4, -0.2) is 30.1 Å². The zero-order valence-electron chi connectivity index (χ0n) is 13.4. The van der Waals surface area contributed by atoms with E-state index in [1.165, 1.54) is 12.1 Å². The van der Waals surface area contributed by atoms with E-state index < -0.39 is 41.9 Å². The molecule has 0 heterocycles. The zero-order valence-corrected chi connectivity index (χ0v) is 13.4. The van der Waals surface area contributed by atoms with Gasteiger partial charge >= 0.3 is 12.1 Å². The molecule has 1 aromatic carbocycles. The third kappa shape index (κ3) is 6.47. The van der Waals surface area contributed by atoms with E-state index in [4.69, 9.17) is 9.84 Å². The average molecular weight is 347 g/mol. The minimum Gasteiger partial charge on any atom is -0.483 e. The molecule has 0 spiro atoms. The van der Waals surface area contributed by atoms with Crippen LogP contribution in [0.15, 0.2) is 24.3 Å². The Labute approximate surface area is 137 Å². The van der Waals surface area contributed by atoms with Crippen LogP contribution in [0.1, 0.15) is 25.8 Å². The third-order valence-electron chi connectivity index (χ3n) is 3.20. The Morgan fingerprint density at radius 1 is 1.25 bits per heavy atom. The highest BCUT2D eigenvalue weighted by atomic mass is 19.4. The molecule has 0 bridgehead atoms. The molecule has 0 fully saturated rings. The van der Waals surface area contributed by atoms with Gasteiger partial charge in [-0.25, -0.2) is 0 Å². The van der Waals surface area contributed by atoms with Crippen molar-refractivity contribution >= 4 is 11.9 Å². The van der Waals surface area contributed by atoms with Gasteiger partial charge in [0.2, 0.25) is 0 Å². The molecule has 0 saturated heterocycles. The minimum atomic E-state index is -4.58. The van der Waals surface area contributed by atoms with E-state index in [1.54, 1.807) is 0 Å². The summed E-state index contributed by atoms with van der Waals surface area (Å²) < 4.78 is 43.3. The molecule has 1 aromatic rings. The summed E-state index contributed by atoms with van der Waals surface area (Å²) in [7, 11) is 0. The molecule has 134 valence electrons. The SMILES string of the molecule is CC(C)CC(CNC(=O)COc1ccccc1C(F)(F)F)C(=O)O. The number of carboxylic acids is 1. The number of hydrogen-bond donors (Lipinski definition) is 2. The number of carboxylic acid groups (broad SMARTS) is 1. The van der Waals surface area contributed by atoms with Crippen LogP contribution in [0.5, 0.6) is 5.75 Å². The van der Waals surface area contributed by atoms with E-state index in [1.807, 2.05) is 13.8 Å². The summed E-state index contributed by atoms with van der Waals surface area (Å²) in [6.45, 7) is 2.99. The van der Waals surface area contributed by atoms with Crippen molar-refractivity contribution < 1.29 is 32.6 Å². The molecular formula is C16H20F3NO4. The number of para-hydroxylation sites is 1. The van der Waals surface area contributed by atoms with Gasteiger partial charge in [0.05, 0.1) is 11.5 Å². The van der Waals surface area contributed by atoms with E-state index in [2.05, 4.69) is 5.32 Å². The number of hydrogen-bond acceptors (Lipinski definition) is 3. The van der Waals surface area contributed by atoms with Gasteiger partial charge in [0, 0.05) is 6.54 Å². The number of carbonyl (C=O) groups is 2. The van der Waals surface area contributed by atoms with Crippen LogP contribution in [0, 0.1) is 11.8 Å². The third-order valence-corrected chi connectivity index (χ3v) is 3.20. The molecule has 0 radical (unpaired) electrons. The number of halogens is 3. The van der Waals surface area contributed by atoms with Crippen LogP contribution in [-0.2, 0) is 15.8 Å². The number of aliphatic carboxylic acids is 1. The number of benzene rings is 1. The Balaban J connectivity index is 2.57. The van der Waals surface area contributed by atoms with Crippen molar-refractivity contribution in [1.29, 1.82) is 0 Å². The zero-order chi connectivity index (χ0) is 18.3. The molecule has 0 aromatic heterocycles. The molecule has 0 aliphatic carbocycles. The first-order valence-corrected chi connectivity index (χ1v) is 7.39. The van der Waals surface area contributed by atoms with Gasteiger partial charge in [0.25, 0.3) is 5.91 Å². The monoisotopic (exact) mass is 347 g/mol. The van der Waals surface area contributed by atoms with Crippen LogP contribution in [0.25, 0.3) is 0 Å². The molecule has 1 rings (SSSR count). The largest absolute Gasteiger partial charge is 0.483 e. The standard InChI is InChI=1S/C16H20F3NO4/c1-10(2)7-11(15(22)23)8-20-14(21)9-24-13-6-4-3-5-12(13)16(17,18)19/h3-6,10-11H,7-9H2,1-2H3,(H,20,21)(H,22,23). The molecule has 8 heteroatoms. The Bertz CT molecular complexity index is 573. The second kappa shape index (κ2) is 8.56. The van der Waals surface area contributed by atoms with Crippen molar-refractivity contribution in [2.24, 2.45) is 11.8 Å². The second-order valence-electron chi connectivity index (χ2n) is 5.75. The molecule has 1 atom stereocenters. The minimum absolute atomic E-state index is 0.101. The topological polar surface area (TPSA) is 75.6 Å². The summed E-state index contributed by atoms with van der Waals surface area (Å²) in [5.74, 6) is -2.78. The smallest absolute Gasteiger partial charge is 0.419 e. The van der Waals surface area contributed by atoms with Crippen molar-refractivity contribution in [2.45, 2.75) is 26.4 Å². The summed E-state index contributed by atoms with van der Waals surface area (Å²) >= 11 is 0. The number of amides is 1. The lowest BCUT2D eigenvalue weighted by molar-refractivity contribution is -0.143. The summed E-state index contributed by atoms with van der Waals surface area (Å²) in [6.07, 6.45) is -4.20. The fourth-order valence-electron chi connectivity index (χ4n) is 2.10. The molecule has 24 heavy (non-hydrogen) atoms. The highest BCUT2D eigenvalue weighted by molar-refractivity contribution is 5.78. The first-order chi connectivity index (χ1) is 11.1. The van der Waals surface area contributed by atoms with E-state index in [-0.39, 0.29) is 12.5 Å². The molecule has 1 unspecified atom stereocenters. The fourth-order valence-corrected chi connectivity index (χ4v) is 2.10. The highest BCUT2D eigenvalue weighted by Gasteiger charge is 2.34. The number of nitrogens with one attached hydrogen (secondary N) is 1. The summed E-state index contributed by atoms with van der Waals surface area (Å²) in [5.41, 5.74) is -0.971. The Kier molecular flexibility index (Phi) is 7.06. The predicted octanol–water partition coefficient (Wildman–Crippen LogP) is 2.95. The van der Waals surface area contributed by atoms with E-state index in [0.29, 0.717) is 6.42 Å². The van der Waals surface area contributed by atoms with Gasteiger partial charge in [-0.05, 0) is 24.5 Å². The number of rotatable bonds is 8. The van der Waals surface area contributed by atoms with Crippen LogP contribution >= 0.6 is 0 Å². The Morgan fingerprint density at radius 3 is 2.42 bits per heavy atom. The lowest BCUT2D eigenvalue weighted by Crippen LogP contribution is -2.36. The number of carbonyl (C=O) groups excluding carboxylic acids is 1. The second-order valence-corrected chi connectivity index (χ2v) is 5.75. The van der Waals surface area contributed by atoms with Crippen molar-refractivity contribution in [1.82, 2.24) is 5.32 Å². The van der Waals surface area contributed by atoms with Gasteiger partial charge in [0.1, 0.15) is 5.75 Å². The van der Waals surface area contributed by atoms with Crippen molar-refractivity contribution in [2.75, 3.05) is 13.2 Å². The highest BCUT2D eigenvalue weighted by Crippen LogP contribution is 2.35. The average Bonchev–Trinajstić information content (AvgIpc) is 2.48. The fraction of sp³-hybridized carbons (Fsp3) is 0.500. The summed E-state index contributed by atoms with van der Waals surface area (Å²) in [4.78, 5) is 22.8. The van der Waals surface area contributed by atoms with E-state index in [9.17, 15) is 22.8 Å². The van der Waals surface area contributed by atoms with Crippen LogP contribution < -0.4 is 10.1 Å². The first-order valence-electron chi connectivity index (χ1n) is 7.39. The number of alkyl halides is 3. The van der Waals surface area contributed by atoms with Crippen LogP contribution in [0.2, 0.25) is 0 Å². The Morgan fingerprint density at radius 2 is 1.88 bits per heavy atom. The molecule has 2 N–H and O–H groups in total. The maximum atomic E-state index is 12.8. The first kappa shape index (κ1) is 19.8. The molecule has 5 nitrogen and oxygen atoms in total. The van der Waals surface area contributed by atoms with Gasteiger partial charge in [-0.3, -0.25) is 9.59 Å². The van der Waals surface area contributed by atoms with Crippen LogP contribution in [0.3, 0.4) is 0 Å². The predicted molar refractivity (Wildman–Crippen MR) is 80.5 cm³/mol. The molecule has 0 aliphatic heterocycles. The quantitative estimate of drug-likeness (QED) is 0.758. The number of ether oxygens (including phenoxy) is 1. The van der Waals surface area contributed by atoms with Crippen molar-refractivity contribution in [3.8, 4) is 5.75 Å². The molecular weight excluding hydrogens is 327 g/mol. The normalized spacial score (nSPS) is 12.8. The van der Waals surface area contributed by atoms with Crippen molar-refractivity contribution in [3.05, 3.63) is 29.8 Å². The maximum Gasteiger partial charge on any atom is 0.419 e. The van der Waals surface area contributed by atoms with Gasteiger partial charge in [-0.2, -0.15) is 13.2 Å².